The van der Waals surface area contributed by atoms with Gasteiger partial charge in [0.1, 0.15) is 4.90 Å². The van der Waals surface area contributed by atoms with Crippen molar-refractivity contribution in [3.8, 4) is 0 Å². The molecule has 0 saturated heterocycles. The Morgan fingerprint density at radius 1 is 1.20 bits per heavy atom. The number of rotatable bonds is 5. The first-order valence-electron chi connectivity index (χ1n) is 5.89. The first kappa shape index (κ1) is 14.8. The molecule has 20 heavy (non-hydrogen) atoms. The maximum atomic E-state index is 12.2. The van der Waals surface area contributed by atoms with E-state index in [4.69, 9.17) is 11.6 Å². The second-order valence-electron chi connectivity index (χ2n) is 4.07. The molecular weight excluding hydrogens is 298 g/mol. The monoisotopic (exact) mass is 311 g/mol. The summed E-state index contributed by atoms with van der Waals surface area (Å²) in [6.07, 6.45) is 2.85. The number of benzene rings is 1. The Bertz CT molecular complexity index is 687. The predicted octanol–water partition coefficient (Wildman–Crippen LogP) is 2.26. The maximum absolute atomic E-state index is 12.2. The number of hydrogen-bond acceptors (Lipinski definition) is 4. The van der Waals surface area contributed by atoms with Gasteiger partial charge in [0, 0.05) is 31.0 Å². The zero-order valence-electron chi connectivity index (χ0n) is 10.8. The standard InChI is InChI=1S/C13H14ClN3O2S/c1-15-12-6-7-16-9-13(12)20(18,19)17-8-10-2-4-11(14)5-3-10/h2-7,9,17H,8H2,1H3,(H,15,16). The van der Waals surface area contributed by atoms with E-state index < -0.39 is 10.0 Å². The number of halogens is 1. The van der Waals surface area contributed by atoms with Crippen LogP contribution in [-0.2, 0) is 16.6 Å². The highest BCUT2D eigenvalue weighted by molar-refractivity contribution is 7.89. The summed E-state index contributed by atoms with van der Waals surface area (Å²) in [4.78, 5) is 3.97. The van der Waals surface area contributed by atoms with Gasteiger partial charge in [-0.2, -0.15) is 0 Å². The molecule has 0 atom stereocenters. The SMILES string of the molecule is CNc1ccncc1S(=O)(=O)NCc1ccc(Cl)cc1. The van der Waals surface area contributed by atoms with Crippen LogP contribution in [0.4, 0.5) is 5.69 Å². The Morgan fingerprint density at radius 2 is 1.90 bits per heavy atom. The van der Waals surface area contributed by atoms with E-state index in [1.807, 2.05) is 0 Å². The molecule has 0 aliphatic heterocycles. The van der Waals surface area contributed by atoms with E-state index in [1.54, 1.807) is 37.4 Å². The van der Waals surface area contributed by atoms with Gasteiger partial charge in [0.15, 0.2) is 0 Å². The fourth-order valence-electron chi connectivity index (χ4n) is 1.66. The molecule has 1 aromatic heterocycles. The van der Waals surface area contributed by atoms with Gasteiger partial charge in [0.05, 0.1) is 5.69 Å². The van der Waals surface area contributed by atoms with E-state index in [0.29, 0.717) is 10.7 Å². The van der Waals surface area contributed by atoms with Crippen molar-refractivity contribution in [1.82, 2.24) is 9.71 Å². The maximum Gasteiger partial charge on any atom is 0.244 e. The lowest BCUT2D eigenvalue weighted by molar-refractivity contribution is 0.581. The Labute approximate surface area is 123 Å². The second kappa shape index (κ2) is 6.21. The second-order valence-corrected chi connectivity index (χ2v) is 6.24. The van der Waals surface area contributed by atoms with Crippen molar-refractivity contribution in [1.29, 1.82) is 0 Å². The Balaban J connectivity index is 2.17. The number of hydrogen-bond donors (Lipinski definition) is 2. The highest BCUT2D eigenvalue weighted by Crippen LogP contribution is 2.19. The van der Waals surface area contributed by atoms with Gasteiger partial charge < -0.3 is 5.32 Å². The minimum atomic E-state index is -3.62. The molecule has 2 aromatic rings. The molecule has 0 fully saturated rings. The summed E-state index contributed by atoms with van der Waals surface area (Å²) in [7, 11) is -1.96. The normalized spacial score (nSPS) is 11.3. The number of nitrogens with zero attached hydrogens (tertiary/aromatic N) is 1. The third-order valence-electron chi connectivity index (χ3n) is 2.72. The van der Waals surface area contributed by atoms with Crippen molar-refractivity contribution >= 4 is 27.3 Å². The average molecular weight is 312 g/mol. The molecule has 0 unspecified atom stereocenters. The van der Waals surface area contributed by atoms with Crippen LogP contribution in [0.2, 0.25) is 5.02 Å². The summed E-state index contributed by atoms with van der Waals surface area (Å²) in [6, 6.07) is 8.58. The van der Waals surface area contributed by atoms with E-state index in [-0.39, 0.29) is 11.4 Å². The van der Waals surface area contributed by atoms with Gasteiger partial charge in [-0.15, -0.1) is 0 Å². The van der Waals surface area contributed by atoms with Crippen molar-refractivity contribution in [3.05, 3.63) is 53.3 Å². The van der Waals surface area contributed by atoms with E-state index in [2.05, 4.69) is 15.0 Å². The molecule has 0 radical (unpaired) electrons. The average Bonchev–Trinajstić information content (AvgIpc) is 2.46. The van der Waals surface area contributed by atoms with E-state index in [0.717, 1.165) is 5.56 Å². The summed E-state index contributed by atoms with van der Waals surface area (Å²) >= 11 is 5.78. The predicted molar refractivity (Wildman–Crippen MR) is 79.3 cm³/mol. The summed E-state index contributed by atoms with van der Waals surface area (Å²) in [5.74, 6) is 0. The molecule has 0 aliphatic carbocycles. The molecule has 5 nitrogen and oxygen atoms in total. The van der Waals surface area contributed by atoms with Gasteiger partial charge in [0.25, 0.3) is 0 Å². The highest BCUT2D eigenvalue weighted by Gasteiger charge is 2.17. The van der Waals surface area contributed by atoms with Gasteiger partial charge in [-0.05, 0) is 23.8 Å². The first-order chi connectivity index (χ1) is 9.53. The quantitative estimate of drug-likeness (QED) is 0.888. The highest BCUT2D eigenvalue weighted by atomic mass is 35.5. The Kier molecular flexibility index (Phi) is 4.59. The number of pyridine rings is 1. The van der Waals surface area contributed by atoms with E-state index >= 15 is 0 Å². The van der Waals surface area contributed by atoms with Crippen molar-refractivity contribution in [3.63, 3.8) is 0 Å². The Morgan fingerprint density at radius 3 is 2.55 bits per heavy atom. The molecule has 2 rings (SSSR count). The van der Waals surface area contributed by atoms with E-state index in [1.165, 1.54) is 12.4 Å². The third kappa shape index (κ3) is 3.47. The van der Waals surface area contributed by atoms with Crippen LogP contribution in [0.25, 0.3) is 0 Å². The zero-order chi connectivity index (χ0) is 14.6. The van der Waals surface area contributed by atoms with E-state index in [9.17, 15) is 8.42 Å². The molecule has 0 aliphatic rings. The molecule has 0 amide bonds. The molecule has 7 heteroatoms. The summed E-state index contributed by atoms with van der Waals surface area (Å²) < 4.78 is 27.0. The number of sulfonamides is 1. The van der Waals surface area contributed by atoms with Gasteiger partial charge in [-0.25, -0.2) is 13.1 Å². The fourth-order valence-corrected chi connectivity index (χ4v) is 2.96. The summed E-state index contributed by atoms with van der Waals surface area (Å²) in [5.41, 5.74) is 1.33. The molecule has 0 saturated carbocycles. The minimum Gasteiger partial charge on any atom is -0.387 e. The molecule has 2 N–H and O–H groups in total. The van der Waals surface area contributed by atoms with Crippen LogP contribution in [-0.4, -0.2) is 20.4 Å². The number of nitrogens with one attached hydrogen (secondary N) is 2. The molecule has 0 bridgehead atoms. The van der Waals surface area contributed by atoms with Crippen LogP contribution in [0.3, 0.4) is 0 Å². The van der Waals surface area contributed by atoms with Crippen LogP contribution in [0, 0.1) is 0 Å². The van der Waals surface area contributed by atoms with Crippen molar-refractivity contribution in [2.75, 3.05) is 12.4 Å². The van der Waals surface area contributed by atoms with Crippen molar-refractivity contribution in [2.45, 2.75) is 11.4 Å². The number of anilines is 1. The van der Waals surface area contributed by atoms with Gasteiger partial charge >= 0.3 is 0 Å². The van der Waals surface area contributed by atoms with Crippen LogP contribution >= 0.6 is 11.6 Å². The smallest absolute Gasteiger partial charge is 0.244 e. The molecular formula is C13H14ClN3O2S. The van der Waals surface area contributed by atoms with Crippen LogP contribution in [0.15, 0.2) is 47.6 Å². The topological polar surface area (TPSA) is 71.1 Å². The van der Waals surface area contributed by atoms with Crippen LogP contribution in [0.1, 0.15) is 5.56 Å². The summed E-state index contributed by atoms with van der Waals surface area (Å²) in [5, 5.41) is 3.44. The number of aromatic nitrogens is 1. The van der Waals surface area contributed by atoms with Crippen LogP contribution < -0.4 is 10.0 Å². The van der Waals surface area contributed by atoms with Crippen molar-refractivity contribution in [2.24, 2.45) is 0 Å². The zero-order valence-corrected chi connectivity index (χ0v) is 12.4. The minimum absolute atomic E-state index is 0.122. The van der Waals surface area contributed by atoms with Gasteiger partial charge in [-0.3, -0.25) is 4.98 Å². The first-order valence-corrected chi connectivity index (χ1v) is 7.75. The molecule has 1 heterocycles. The largest absolute Gasteiger partial charge is 0.387 e. The van der Waals surface area contributed by atoms with Gasteiger partial charge in [-0.1, -0.05) is 23.7 Å². The molecule has 0 spiro atoms. The lowest BCUT2D eigenvalue weighted by atomic mass is 10.2. The van der Waals surface area contributed by atoms with Crippen molar-refractivity contribution < 1.29 is 8.42 Å². The van der Waals surface area contributed by atoms with Gasteiger partial charge in [0.2, 0.25) is 10.0 Å². The fraction of sp³-hybridized carbons (Fsp3) is 0.154. The lowest BCUT2D eigenvalue weighted by Gasteiger charge is -2.10. The molecule has 106 valence electrons. The Hall–Kier alpha value is -1.63. The third-order valence-corrected chi connectivity index (χ3v) is 4.40. The van der Waals surface area contributed by atoms with Crippen LogP contribution in [0.5, 0.6) is 0 Å². The molecule has 1 aromatic carbocycles. The summed E-state index contributed by atoms with van der Waals surface area (Å²) in [6.45, 7) is 0.192. The lowest BCUT2D eigenvalue weighted by Crippen LogP contribution is -2.24.